The fraction of sp³-hybridized carbons (Fsp3) is 0.600. The highest BCUT2D eigenvalue weighted by molar-refractivity contribution is 5.76. The molecule has 0 aliphatic heterocycles. The van der Waals surface area contributed by atoms with E-state index in [0.717, 1.165) is 5.82 Å². The second kappa shape index (κ2) is 4.44. The van der Waals surface area contributed by atoms with Crippen LogP contribution in [0.4, 0.5) is 0 Å². The average Bonchev–Trinajstić information content (AvgIpc) is 2.44. The number of hydrogen-bond acceptors (Lipinski definition) is 3. The predicted molar refractivity (Wildman–Crippen MR) is 57.9 cm³/mol. The minimum absolute atomic E-state index is 0.0505. The highest BCUT2D eigenvalue weighted by Crippen LogP contribution is 2.03. The van der Waals surface area contributed by atoms with Gasteiger partial charge in [-0.25, -0.2) is 4.98 Å². The van der Waals surface area contributed by atoms with Crippen molar-refractivity contribution in [2.75, 3.05) is 0 Å². The van der Waals surface area contributed by atoms with Gasteiger partial charge >= 0.3 is 0 Å². The maximum Gasteiger partial charge on any atom is 0.222 e. The summed E-state index contributed by atoms with van der Waals surface area (Å²) in [7, 11) is 1.89. The number of nitrogens with zero attached hydrogens (tertiary/aromatic N) is 2. The molecule has 0 aliphatic rings. The number of aryl methyl sites for hydroxylation is 1. The van der Waals surface area contributed by atoms with Crippen LogP contribution in [0.15, 0.2) is 12.4 Å². The van der Waals surface area contributed by atoms with Crippen LogP contribution in [0.2, 0.25) is 0 Å². The van der Waals surface area contributed by atoms with E-state index in [2.05, 4.69) is 10.3 Å². The summed E-state index contributed by atoms with van der Waals surface area (Å²) < 4.78 is 1.87. The smallest absolute Gasteiger partial charge is 0.222 e. The topological polar surface area (TPSA) is 72.9 Å². The van der Waals surface area contributed by atoms with Crippen molar-refractivity contribution >= 4 is 5.91 Å². The summed E-state index contributed by atoms with van der Waals surface area (Å²) >= 11 is 0. The molecule has 1 aromatic heterocycles. The fourth-order valence-electron chi connectivity index (χ4n) is 1.22. The van der Waals surface area contributed by atoms with Gasteiger partial charge in [-0.15, -0.1) is 0 Å². The molecule has 0 aromatic carbocycles. The van der Waals surface area contributed by atoms with E-state index in [-0.39, 0.29) is 5.91 Å². The van der Waals surface area contributed by atoms with Crippen molar-refractivity contribution in [2.24, 2.45) is 12.8 Å². The number of carbonyl (C=O) groups is 1. The van der Waals surface area contributed by atoms with Gasteiger partial charge in [-0.1, -0.05) is 0 Å². The van der Waals surface area contributed by atoms with Crippen LogP contribution >= 0.6 is 0 Å². The quantitative estimate of drug-likeness (QED) is 0.743. The first kappa shape index (κ1) is 11.7. The zero-order chi connectivity index (χ0) is 11.5. The van der Waals surface area contributed by atoms with Crippen LogP contribution in [0.5, 0.6) is 0 Å². The van der Waals surface area contributed by atoms with Crippen molar-refractivity contribution in [3.8, 4) is 0 Å². The number of imidazole rings is 1. The number of nitrogens with two attached hydrogens (primary N) is 1. The molecule has 0 radical (unpaired) electrons. The van der Waals surface area contributed by atoms with E-state index in [1.165, 1.54) is 0 Å². The molecule has 0 unspecified atom stereocenters. The lowest BCUT2D eigenvalue weighted by molar-refractivity contribution is -0.122. The minimum atomic E-state index is -0.467. The average molecular weight is 210 g/mol. The molecule has 0 saturated heterocycles. The molecule has 0 spiro atoms. The summed E-state index contributed by atoms with van der Waals surface area (Å²) in [5.41, 5.74) is 5.27. The summed E-state index contributed by atoms with van der Waals surface area (Å²) in [6.45, 7) is 4.10. The molecule has 84 valence electrons. The van der Waals surface area contributed by atoms with Crippen LogP contribution < -0.4 is 11.1 Å². The number of nitrogens with one attached hydrogen (secondary N) is 1. The van der Waals surface area contributed by atoms with Crippen LogP contribution in [0.3, 0.4) is 0 Å². The third-order valence-corrected chi connectivity index (χ3v) is 1.98. The van der Waals surface area contributed by atoms with Gasteiger partial charge in [0, 0.05) is 31.4 Å². The molecule has 3 N–H and O–H groups in total. The van der Waals surface area contributed by atoms with Crippen molar-refractivity contribution in [1.82, 2.24) is 14.9 Å². The Hall–Kier alpha value is -1.36. The van der Waals surface area contributed by atoms with E-state index in [1.807, 2.05) is 31.7 Å². The maximum absolute atomic E-state index is 11.4. The highest BCUT2D eigenvalue weighted by atomic mass is 16.1. The largest absolute Gasteiger partial charge is 0.349 e. The standard InChI is InChI=1S/C10H18N4O/c1-10(2,11)6-9(15)13-7-8-12-4-5-14(8)3/h4-5H,6-7,11H2,1-3H3,(H,13,15). The second-order valence-corrected chi connectivity index (χ2v) is 4.40. The molecule has 1 aromatic rings. The third-order valence-electron chi connectivity index (χ3n) is 1.98. The number of aromatic nitrogens is 2. The van der Waals surface area contributed by atoms with Crippen molar-refractivity contribution < 1.29 is 4.79 Å². The van der Waals surface area contributed by atoms with E-state index in [0.29, 0.717) is 13.0 Å². The summed E-state index contributed by atoms with van der Waals surface area (Å²) in [6.07, 6.45) is 3.86. The molecule has 1 amide bonds. The van der Waals surface area contributed by atoms with E-state index in [4.69, 9.17) is 5.73 Å². The van der Waals surface area contributed by atoms with Gasteiger partial charge in [0.15, 0.2) is 0 Å². The summed E-state index contributed by atoms with van der Waals surface area (Å²) in [6, 6.07) is 0. The van der Waals surface area contributed by atoms with Gasteiger partial charge in [-0.05, 0) is 13.8 Å². The first-order chi connectivity index (χ1) is 6.88. The summed E-state index contributed by atoms with van der Waals surface area (Å²) in [4.78, 5) is 15.5. The number of rotatable bonds is 4. The van der Waals surface area contributed by atoms with Crippen molar-refractivity contribution in [1.29, 1.82) is 0 Å². The van der Waals surface area contributed by atoms with Crippen LogP contribution in [-0.4, -0.2) is 21.0 Å². The maximum atomic E-state index is 11.4. The summed E-state index contributed by atoms with van der Waals surface area (Å²) in [5, 5.41) is 2.78. The predicted octanol–water partition coefficient (Wildman–Crippen LogP) is 0.164. The Bertz CT molecular complexity index is 337. The Labute approximate surface area is 89.7 Å². The second-order valence-electron chi connectivity index (χ2n) is 4.40. The number of amides is 1. The Kier molecular flexibility index (Phi) is 3.47. The molecular formula is C10H18N4O. The fourth-order valence-corrected chi connectivity index (χ4v) is 1.22. The third kappa shape index (κ3) is 4.12. The molecular weight excluding hydrogens is 192 g/mol. The van der Waals surface area contributed by atoms with Crippen molar-refractivity contribution in [2.45, 2.75) is 32.4 Å². The monoisotopic (exact) mass is 210 g/mol. The molecule has 0 aliphatic carbocycles. The van der Waals surface area contributed by atoms with E-state index < -0.39 is 5.54 Å². The van der Waals surface area contributed by atoms with Gasteiger partial charge in [0.05, 0.1) is 6.54 Å². The SMILES string of the molecule is Cn1ccnc1CNC(=O)CC(C)(C)N. The zero-order valence-electron chi connectivity index (χ0n) is 9.45. The lowest BCUT2D eigenvalue weighted by Crippen LogP contribution is -2.39. The molecule has 1 rings (SSSR count). The van der Waals surface area contributed by atoms with Gasteiger partial charge in [0.25, 0.3) is 0 Å². The summed E-state index contributed by atoms with van der Waals surface area (Å²) in [5.74, 6) is 0.781. The van der Waals surface area contributed by atoms with Gasteiger partial charge in [0.2, 0.25) is 5.91 Å². The minimum Gasteiger partial charge on any atom is -0.349 e. The van der Waals surface area contributed by atoms with Crippen LogP contribution in [0.25, 0.3) is 0 Å². The Morgan fingerprint density at radius 3 is 2.80 bits per heavy atom. The van der Waals surface area contributed by atoms with Crippen LogP contribution in [0, 0.1) is 0 Å². The molecule has 0 fully saturated rings. The van der Waals surface area contributed by atoms with Crippen LogP contribution in [0.1, 0.15) is 26.1 Å². The van der Waals surface area contributed by atoms with E-state index in [9.17, 15) is 4.79 Å². The number of hydrogen-bond donors (Lipinski definition) is 2. The van der Waals surface area contributed by atoms with E-state index >= 15 is 0 Å². The number of carbonyl (C=O) groups excluding carboxylic acids is 1. The highest BCUT2D eigenvalue weighted by Gasteiger charge is 2.16. The van der Waals surface area contributed by atoms with Crippen LogP contribution in [-0.2, 0) is 18.4 Å². The van der Waals surface area contributed by atoms with Gasteiger partial charge in [0.1, 0.15) is 5.82 Å². The van der Waals surface area contributed by atoms with Gasteiger partial charge in [-0.2, -0.15) is 0 Å². The lowest BCUT2D eigenvalue weighted by Gasteiger charge is -2.17. The Morgan fingerprint density at radius 1 is 1.67 bits per heavy atom. The molecule has 0 atom stereocenters. The Morgan fingerprint density at radius 2 is 2.33 bits per heavy atom. The first-order valence-corrected chi connectivity index (χ1v) is 4.90. The molecule has 0 bridgehead atoms. The molecule has 5 nitrogen and oxygen atoms in total. The van der Waals surface area contributed by atoms with Gasteiger partial charge in [-0.3, -0.25) is 4.79 Å². The zero-order valence-corrected chi connectivity index (χ0v) is 9.45. The normalized spacial score (nSPS) is 11.5. The molecule has 5 heteroatoms. The molecule has 15 heavy (non-hydrogen) atoms. The Balaban J connectivity index is 2.38. The van der Waals surface area contributed by atoms with Gasteiger partial charge < -0.3 is 15.6 Å². The van der Waals surface area contributed by atoms with E-state index in [1.54, 1.807) is 6.20 Å². The van der Waals surface area contributed by atoms with Crippen molar-refractivity contribution in [3.63, 3.8) is 0 Å². The van der Waals surface area contributed by atoms with Crippen molar-refractivity contribution in [3.05, 3.63) is 18.2 Å². The lowest BCUT2D eigenvalue weighted by atomic mass is 10.0. The molecule has 1 heterocycles. The first-order valence-electron chi connectivity index (χ1n) is 4.90. The molecule has 0 saturated carbocycles.